The maximum atomic E-state index is 14.7. The van der Waals surface area contributed by atoms with Crippen LogP contribution in [0, 0.1) is 23.2 Å². The molecule has 0 amide bonds. The normalized spacial score (nSPS) is 52.9. The van der Waals surface area contributed by atoms with Gasteiger partial charge in [0.15, 0.2) is 28.0 Å². The third-order valence-corrected chi connectivity index (χ3v) is 18.7. The van der Waals surface area contributed by atoms with Gasteiger partial charge in [0.25, 0.3) is 0 Å². The summed E-state index contributed by atoms with van der Waals surface area (Å²) in [6.07, 6.45) is -2.07. The first-order valence-corrected chi connectivity index (χ1v) is 21.3. The van der Waals surface area contributed by atoms with Gasteiger partial charge < -0.3 is 81.0 Å². The van der Waals surface area contributed by atoms with Gasteiger partial charge in [0, 0.05) is 73.8 Å². The van der Waals surface area contributed by atoms with Crippen molar-refractivity contribution in [1.29, 1.82) is 0 Å². The van der Waals surface area contributed by atoms with Crippen LogP contribution in [0.15, 0.2) is 148 Å². The lowest BCUT2D eigenvalue weighted by atomic mass is 9.33. The first kappa shape index (κ1) is 37.3. The van der Waals surface area contributed by atoms with Gasteiger partial charge in [-0.3, -0.25) is 4.79 Å². The van der Waals surface area contributed by atoms with Gasteiger partial charge in [-0.1, -0.05) is 12.2 Å². The highest BCUT2D eigenvalue weighted by atomic mass is 16.8. The van der Waals surface area contributed by atoms with Crippen molar-refractivity contribution < 1.29 is 95.3 Å². The molecule has 19 nitrogen and oxygen atoms in total. The topological polar surface area (TPSA) is 359 Å². The number of hydrogen-bond acceptors (Lipinski definition) is 17. The number of carboxylic acids is 2. The predicted molar refractivity (Wildman–Crippen MR) is 208 cm³/mol. The lowest BCUT2D eigenvalue weighted by Crippen LogP contribution is -2.79. The number of fused-ring (bicyclic) bond motifs is 3. The van der Waals surface area contributed by atoms with Gasteiger partial charge in [-0.15, -0.1) is 0 Å². The van der Waals surface area contributed by atoms with E-state index in [1.807, 2.05) is 0 Å². The van der Waals surface area contributed by atoms with E-state index in [0.29, 0.717) is 0 Å². The summed E-state index contributed by atoms with van der Waals surface area (Å²) in [5, 5.41) is 175. The van der Waals surface area contributed by atoms with Gasteiger partial charge in [0.2, 0.25) is 11.6 Å². The number of carbonyl (C=O) groups excluding carboxylic acids is 1. The number of epoxide rings is 2. The molecule has 2 aliphatic heterocycles. The molecule has 334 valence electrons. The Balaban J connectivity index is 1.20. The van der Waals surface area contributed by atoms with Crippen LogP contribution >= 0.6 is 0 Å². The van der Waals surface area contributed by atoms with Crippen LogP contribution in [0.5, 0.6) is 0 Å². The van der Waals surface area contributed by atoms with Crippen LogP contribution < -0.4 is 0 Å². The fourth-order valence-electron chi connectivity index (χ4n) is 16.7. The maximum absolute atomic E-state index is 14.7. The average Bonchev–Trinajstić information content (AvgIpc) is 4.13. The van der Waals surface area contributed by atoms with E-state index in [2.05, 4.69) is 0 Å². The molecule has 0 radical (unpaired) electrons. The Bertz CT molecular complexity index is 3400. The number of ketones is 1. The Morgan fingerprint density at radius 3 is 2.21 bits per heavy atom. The van der Waals surface area contributed by atoms with Crippen molar-refractivity contribution in [3.8, 4) is 0 Å². The third kappa shape index (κ3) is 2.71. The molecule has 2 fully saturated rings. The minimum absolute atomic E-state index is 0.0767. The minimum Gasteiger partial charge on any atom is -0.508 e. The lowest BCUT2D eigenvalue weighted by molar-refractivity contribution is -0.150. The van der Waals surface area contributed by atoms with E-state index in [-0.39, 0.29) is 50.2 Å². The van der Waals surface area contributed by atoms with Crippen LogP contribution in [0.3, 0.4) is 0 Å². The molecule has 16 rings (SSSR count). The van der Waals surface area contributed by atoms with Crippen LogP contribution in [0.4, 0.5) is 0 Å². The number of rotatable bonds is 2. The Morgan fingerprint density at radius 1 is 0.788 bits per heavy atom. The van der Waals surface area contributed by atoms with Gasteiger partial charge in [-0.05, 0) is 64.7 Å². The van der Waals surface area contributed by atoms with Crippen LogP contribution in [0.2, 0.25) is 0 Å². The number of aliphatic carboxylic acids is 2. The summed E-state index contributed by atoms with van der Waals surface area (Å²) in [5.74, 6) is -15.2. The van der Waals surface area contributed by atoms with Gasteiger partial charge in [-0.2, -0.15) is 0 Å². The van der Waals surface area contributed by atoms with Gasteiger partial charge in [-0.25, -0.2) is 9.59 Å². The first-order chi connectivity index (χ1) is 30.9. The molecule has 16 aliphatic rings. The fourth-order valence-corrected chi connectivity index (χ4v) is 16.7. The first-order valence-electron chi connectivity index (χ1n) is 21.3. The number of carboxylic acid groups (broad SMARTS) is 2. The smallest absolute Gasteiger partial charge is 0.336 e. The van der Waals surface area contributed by atoms with E-state index in [9.17, 15) is 85.9 Å². The Kier molecular flexibility index (Phi) is 5.23. The summed E-state index contributed by atoms with van der Waals surface area (Å²) < 4.78 is 13.4. The maximum Gasteiger partial charge on any atom is 0.336 e. The van der Waals surface area contributed by atoms with Crippen molar-refractivity contribution in [3.63, 3.8) is 0 Å². The Labute approximate surface area is 366 Å². The number of hydrogen-bond donors (Lipinski definition) is 14. The number of aliphatic hydroxyl groups excluding tert-OH is 7. The number of ether oxygens (including phenoxy) is 2. The van der Waals surface area contributed by atoms with E-state index in [0.717, 1.165) is 18.2 Å². The van der Waals surface area contributed by atoms with Crippen LogP contribution in [0.1, 0.15) is 13.3 Å². The molecule has 0 bridgehead atoms. The summed E-state index contributed by atoms with van der Waals surface area (Å²) >= 11 is 0. The fraction of sp³-hybridized carbons (Fsp3) is 0.383. The highest BCUT2D eigenvalue weighted by Crippen LogP contribution is 2.89. The number of Topliss-reactive ketones (excluding diaryl/α,β-unsaturated/α-hetero) is 1. The SMILES string of the molecule is CC12C=C3C(O)=C4C=C5CC(C(=O)O)=C(O)C6=C5C5(O)C7=C8C(=CC9=C(C(=O)O)C%10=C%11C%12C9C8=C(C45O)C34OC%124C1=C(C(O)=CC2O)C%11(O)C(=O)C(O)C%10O)C1(O)OC12C=CC(O)C6C72O. The summed E-state index contributed by atoms with van der Waals surface area (Å²) in [6, 6.07) is 0. The lowest BCUT2D eigenvalue weighted by Gasteiger charge is -2.69. The van der Waals surface area contributed by atoms with Crippen molar-refractivity contribution >= 4 is 17.7 Å². The second-order valence-electron chi connectivity index (χ2n) is 20.6. The third-order valence-electron chi connectivity index (χ3n) is 18.7. The molecule has 14 N–H and O–H groups in total. The summed E-state index contributed by atoms with van der Waals surface area (Å²) in [6.45, 7) is 1.46. The molecule has 0 aromatic heterocycles. The Hall–Kier alpha value is -5.81. The molecule has 0 aromatic carbocycles. The van der Waals surface area contributed by atoms with Gasteiger partial charge in [0.1, 0.15) is 40.7 Å². The molecule has 19 heteroatoms. The molecule has 16 atom stereocenters. The summed E-state index contributed by atoms with van der Waals surface area (Å²) in [5.41, 5.74) is -27.8. The van der Waals surface area contributed by atoms with E-state index < -0.39 is 179 Å². The van der Waals surface area contributed by atoms with Gasteiger partial charge >= 0.3 is 11.9 Å². The van der Waals surface area contributed by atoms with E-state index in [4.69, 9.17) is 9.47 Å². The van der Waals surface area contributed by atoms with Crippen molar-refractivity contribution in [2.24, 2.45) is 23.2 Å². The van der Waals surface area contributed by atoms with Crippen LogP contribution in [0.25, 0.3) is 0 Å². The average molecular weight is 901 g/mol. The predicted octanol–water partition coefficient (Wildman–Crippen LogP) is -2.33. The minimum atomic E-state index is -3.16. The number of allylic oxidation sites excluding steroid dienone is 4. The van der Waals surface area contributed by atoms with Gasteiger partial charge in [0.05, 0.1) is 29.3 Å². The number of carbonyl (C=O) groups is 3. The van der Waals surface area contributed by atoms with E-state index >= 15 is 0 Å². The van der Waals surface area contributed by atoms with Crippen LogP contribution in [-0.2, 0) is 23.9 Å². The monoisotopic (exact) mass is 900 g/mol. The molecular formula is C47H32O19. The highest BCUT2D eigenvalue weighted by Gasteiger charge is 2.98. The van der Waals surface area contributed by atoms with Crippen molar-refractivity contribution in [2.45, 2.75) is 82.8 Å². The molecule has 3 spiro atoms. The molecule has 66 heavy (non-hydrogen) atoms. The summed E-state index contributed by atoms with van der Waals surface area (Å²) in [7, 11) is 0. The van der Waals surface area contributed by atoms with E-state index in [1.54, 1.807) is 0 Å². The molecule has 16 unspecified atom stereocenters. The number of aliphatic hydroxyl groups is 12. The standard InChI is InChI=1S/C47H32O19/c1-39-8-14-30(52)13-5-9-4-11(37(56)57)29(51)23-24(9)44(63)33-20-12(47(64)40(65-47)3-2-15(48)25(23)43(33,40)62)6-10-18-21(20)34(42(13,44)61)45(14)46(66-45)28(18)27-22(19(10)38(58)59)31(53)32(54)36(55)41(27,60)26(35(39)46)16(49)7-17(39)50/h2-3,5-8,15,17-18,25,28,31-32,48-54,60-64H,4H2,1H3,(H,56,57)(H,58,59). The zero-order chi connectivity index (χ0) is 46.2. The molecule has 2 saturated heterocycles. The largest absolute Gasteiger partial charge is 0.508 e. The Morgan fingerprint density at radius 2 is 1.52 bits per heavy atom. The molecule has 2 heterocycles. The summed E-state index contributed by atoms with van der Waals surface area (Å²) in [4.78, 5) is 41.6. The zero-order valence-corrected chi connectivity index (χ0v) is 33.5. The highest BCUT2D eigenvalue weighted by molar-refractivity contribution is 6.08. The van der Waals surface area contributed by atoms with Crippen molar-refractivity contribution in [1.82, 2.24) is 0 Å². The molecule has 0 saturated carbocycles. The second kappa shape index (κ2) is 9.25. The van der Waals surface area contributed by atoms with Crippen molar-refractivity contribution in [2.75, 3.05) is 0 Å². The molecule has 0 aromatic rings. The van der Waals surface area contributed by atoms with Crippen LogP contribution in [-0.4, -0.2) is 159 Å². The van der Waals surface area contributed by atoms with Crippen molar-refractivity contribution in [3.05, 3.63) is 148 Å². The zero-order valence-electron chi connectivity index (χ0n) is 33.5. The van der Waals surface area contributed by atoms with E-state index in [1.165, 1.54) is 25.2 Å². The second-order valence-corrected chi connectivity index (χ2v) is 20.6. The quantitative estimate of drug-likeness (QED) is 0.102. The molecular weight excluding hydrogens is 868 g/mol. The molecule has 14 aliphatic carbocycles.